The molecule has 0 aliphatic heterocycles. The summed E-state index contributed by atoms with van der Waals surface area (Å²) >= 11 is 0. The fourth-order valence-electron chi connectivity index (χ4n) is 2.76. The molecular formula is C20H23N3O6. The summed E-state index contributed by atoms with van der Waals surface area (Å²) in [7, 11) is 1.57. The maximum absolute atomic E-state index is 12.4. The zero-order chi connectivity index (χ0) is 21.4. The third-order valence-corrected chi connectivity index (χ3v) is 4.28. The van der Waals surface area contributed by atoms with Crippen LogP contribution >= 0.6 is 0 Å². The van der Waals surface area contributed by atoms with Crippen LogP contribution in [0.3, 0.4) is 0 Å². The molecule has 0 spiro atoms. The quantitative estimate of drug-likeness (QED) is 0.355. The molecule has 1 unspecified atom stereocenters. The van der Waals surface area contributed by atoms with Crippen molar-refractivity contribution in [2.24, 2.45) is 11.7 Å². The molecule has 0 saturated heterocycles. The molecule has 1 atom stereocenters. The Labute approximate surface area is 168 Å². The minimum absolute atomic E-state index is 0.0300. The van der Waals surface area contributed by atoms with Gasteiger partial charge in [0.1, 0.15) is 11.4 Å². The molecule has 3 N–H and O–H groups in total. The highest BCUT2D eigenvalue weighted by molar-refractivity contribution is 5.94. The Morgan fingerprint density at radius 3 is 2.45 bits per heavy atom. The van der Waals surface area contributed by atoms with E-state index in [4.69, 9.17) is 15.2 Å². The number of ether oxygens (including phenoxy) is 2. The van der Waals surface area contributed by atoms with E-state index >= 15 is 0 Å². The van der Waals surface area contributed by atoms with E-state index in [2.05, 4.69) is 5.32 Å². The van der Waals surface area contributed by atoms with Crippen molar-refractivity contribution in [1.29, 1.82) is 0 Å². The van der Waals surface area contributed by atoms with E-state index in [-0.39, 0.29) is 30.1 Å². The predicted octanol–water partition coefficient (Wildman–Crippen LogP) is 2.54. The Morgan fingerprint density at radius 2 is 1.90 bits per heavy atom. The van der Waals surface area contributed by atoms with Gasteiger partial charge < -0.3 is 20.5 Å². The first-order chi connectivity index (χ1) is 13.8. The van der Waals surface area contributed by atoms with Gasteiger partial charge in [0.25, 0.3) is 5.69 Å². The molecule has 0 aliphatic rings. The van der Waals surface area contributed by atoms with E-state index in [0.717, 1.165) is 11.6 Å². The molecule has 2 rings (SSSR count). The fourth-order valence-corrected chi connectivity index (χ4v) is 2.76. The van der Waals surface area contributed by atoms with Gasteiger partial charge >= 0.3 is 5.97 Å². The molecule has 2 aromatic rings. The number of nitrogens with two attached hydrogens (primary N) is 1. The molecule has 1 amide bonds. The number of rotatable bonds is 10. The number of anilines is 1. The second-order valence-corrected chi connectivity index (χ2v) is 6.24. The Morgan fingerprint density at radius 1 is 1.21 bits per heavy atom. The fraction of sp³-hybridized carbons (Fsp3) is 0.300. The molecule has 9 nitrogen and oxygen atoms in total. The number of nitrogens with zero attached hydrogens (tertiary/aromatic N) is 1. The molecule has 2 aromatic carbocycles. The number of amides is 1. The molecule has 9 heteroatoms. The maximum Gasteiger partial charge on any atom is 0.311 e. The number of nitrogens with one attached hydrogen (secondary N) is 1. The van der Waals surface area contributed by atoms with Crippen molar-refractivity contribution in [3.8, 4) is 5.75 Å². The lowest BCUT2D eigenvalue weighted by atomic mass is 9.99. The first kappa shape index (κ1) is 21.7. The summed E-state index contributed by atoms with van der Waals surface area (Å²) in [5.41, 5.74) is 5.99. The normalized spacial score (nSPS) is 11.4. The molecule has 154 valence electrons. The lowest BCUT2D eigenvalue weighted by Gasteiger charge is -2.17. The Kier molecular flexibility index (Phi) is 7.53. The molecule has 0 aliphatic carbocycles. The molecule has 0 aromatic heterocycles. The summed E-state index contributed by atoms with van der Waals surface area (Å²) in [5.74, 6) is -1.04. The summed E-state index contributed by atoms with van der Waals surface area (Å²) in [6.07, 6.45) is 0.378. The minimum atomic E-state index is -0.761. The van der Waals surface area contributed by atoms with Crippen LogP contribution in [0.5, 0.6) is 5.75 Å². The smallest absolute Gasteiger partial charge is 0.311 e. The second-order valence-electron chi connectivity index (χ2n) is 6.24. The van der Waals surface area contributed by atoms with Crippen LogP contribution in [0.2, 0.25) is 0 Å². The van der Waals surface area contributed by atoms with Gasteiger partial charge in [0.05, 0.1) is 24.6 Å². The molecule has 0 bridgehead atoms. The average molecular weight is 401 g/mol. The van der Waals surface area contributed by atoms with Crippen LogP contribution in [0, 0.1) is 16.0 Å². The van der Waals surface area contributed by atoms with Crippen LogP contribution in [-0.2, 0) is 16.0 Å². The van der Waals surface area contributed by atoms with Gasteiger partial charge in [-0.25, -0.2) is 0 Å². The van der Waals surface area contributed by atoms with E-state index in [9.17, 15) is 19.7 Å². The van der Waals surface area contributed by atoms with Crippen LogP contribution in [0.4, 0.5) is 11.4 Å². The number of benzene rings is 2. The molecule has 0 radical (unpaired) electrons. The number of hydrogen-bond donors (Lipinski definition) is 2. The van der Waals surface area contributed by atoms with Gasteiger partial charge in [-0.2, -0.15) is 0 Å². The van der Waals surface area contributed by atoms with Gasteiger partial charge in [-0.1, -0.05) is 12.1 Å². The van der Waals surface area contributed by atoms with Crippen molar-refractivity contribution >= 4 is 23.3 Å². The Hall–Kier alpha value is -3.62. The van der Waals surface area contributed by atoms with Gasteiger partial charge in [-0.05, 0) is 43.2 Å². The van der Waals surface area contributed by atoms with Gasteiger partial charge in [-0.15, -0.1) is 0 Å². The number of carbonyl (C=O) groups excluding carboxylic acids is 2. The maximum atomic E-state index is 12.4. The Balaban J connectivity index is 2.19. The van der Waals surface area contributed by atoms with E-state index in [1.807, 2.05) is 12.1 Å². The molecule has 29 heavy (non-hydrogen) atoms. The summed E-state index contributed by atoms with van der Waals surface area (Å²) in [5, 5.41) is 14.3. The van der Waals surface area contributed by atoms with Crippen molar-refractivity contribution in [2.75, 3.05) is 25.6 Å². The highest BCUT2D eigenvalue weighted by atomic mass is 16.6. The number of carbonyl (C=O) groups is 2. The van der Waals surface area contributed by atoms with Crippen molar-refractivity contribution in [2.45, 2.75) is 13.3 Å². The minimum Gasteiger partial charge on any atom is -0.497 e. The topological polar surface area (TPSA) is 134 Å². The van der Waals surface area contributed by atoms with Gasteiger partial charge in [0.15, 0.2) is 0 Å². The van der Waals surface area contributed by atoms with E-state index < -0.39 is 22.7 Å². The molecule has 0 fully saturated rings. The number of primary amides is 1. The Bertz CT molecular complexity index is 882. The number of hydrogen-bond acceptors (Lipinski definition) is 7. The van der Waals surface area contributed by atoms with E-state index in [1.54, 1.807) is 26.2 Å². The lowest BCUT2D eigenvalue weighted by Crippen LogP contribution is -2.27. The second kappa shape index (κ2) is 10.1. The zero-order valence-corrected chi connectivity index (χ0v) is 16.2. The summed E-state index contributed by atoms with van der Waals surface area (Å²) in [4.78, 5) is 34.4. The largest absolute Gasteiger partial charge is 0.497 e. The van der Waals surface area contributed by atoms with Gasteiger partial charge in [-0.3, -0.25) is 19.7 Å². The van der Waals surface area contributed by atoms with Crippen LogP contribution in [0.25, 0.3) is 0 Å². The SMILES string of the molecule is CCOC(=O)C(CNc1ccc(C(N)=O)cc1[N+](=O)[O-])Cc1ccc(OC)cc1. The van der Waals surface area contributed by atoms with Crippen LogP contribution in [0.15, 0.2) is 42.5 Å². The van der Waals surface area contributed by atoms with Gasteiger partial charge in [0.2, 0.25) is 5.91 Å². The molecular weight excluding hydrogens is 378 g/mol. The molecule has 0 saturated carbocycles. The van der Waals surface area contributed by atoms with Crippen molar-refractivity contribution in [3.63, 3.8) is 0 Å². The van der Waals surface area contributed by atoms with Crippen molar-refractivity contribution in [3.05, 3.63) is 63.7 Å². The average Bonchev–Trinajstić information content (AvgIpc) is 2.71. The summed E-state index contributed by atoms with van der Waals surface area (Å²) in [6.45, 7) is 2.05. The highest BCUT2D eigenvalue weighted by Crippen LogP contribution is 2.26. The highest BCUT2D eigenvalue weighted by Gasteiger charge is 2.23. The van der Waals surface area contributed by atoms with E-state index in [0.29, 0.717) is 12.2 Å². The lowest BCUT2D eigenvalue weighted by molar-refractivity contribution is -0.384. The van der Waals surface area contributed by atoms with E-state index in [1.165, 1.54) is 12.1 Å². The first-order valence-corrected chi connectivity index (χ1v) is 8.97. The third kappa shape index (κ3) is 5.93. The summed E-state index contributed by atoms with van der Waals surface area (Å²) in [6, 6.07) is 11.2. The number of nitro benzene ring substituents is 1. The van der Waals surface area contributed by atoms with Crippen LogP contribution in [-0.4, -0.2) is 37.1 Å². The molecule has 0 heterocycles. The van der Waals surface area contributed by atoms with Crippen LogP contribution in [0.1, 0.15) is 22.8 Å². The standard InChI is InChI=1S/C20H23N3O6/c1-3-29-20(25)15(10-13-4-7-16(28-2)8-5-13)12-22-17-9-6-14(19(21)24)11-18(17)23(26)27/h4-9,11,15,22H,3,10,12H2,1-2H3,(H2,21,24). The first-order valence-electron chi connectivity index (χ1n) is 8.97. The van der Waals surface area contributed by atoms with Crippen molar-refractivity contribution < 1.29 is 24.0 Å². The van der Waals surface area contributed by atoms with Gasteiger partial charge in [0, 0.05) is 18.2 Å². The van der Waals surface area contributed by atoms with Crippen molar-refractivity contribution in [1.82, 2.24) is 0 Å². The summed E-state index contributed by atoms with van der Waals surface area (Å²) < 4.78 is 10.3. The number of methoxy groups -OCH3 is 1. The number of nitro groups is 1. The predicted molar refractivity (Wildman–Crippen MR) is 107 cm³/mol. The monoisotopic (exact) mass is 401 g/mol. The third-order valence-electron chi connectivity index (χ3n) is 4.28. The number of esters is 1. The zero-order valence-electron chi connectivity index (χ0n) is 16.2. The van der Waals surface area contributed by atoms with Crippen LogP contribution < -0.4 is 15.8 Å².